The number of furan rings is 1. The Hall–Kier alpha value is -3.35. The number of hydrogen-bond acceptors (Lipinski definition) is 4. The summed E-state index contributed by atoms with van der Waals surface area (Å²) in [5.41, 5.74) is 1.54. The van der Waals surface area contributed by atoms with E-state index in [0.717, 1.165) is 5.56 Å². The number of carbonyl (C=O) groups is 2. The molecule has 1 saturated heterocycles. The van der Waals surface area contributed by atoms with Gasteiger partial charge in [0.2, 0.25) is 0 Å². The first-order valence-corrected chi connectivity index (χ1v) is 10.3. The molecule has 0 bridgehead atoms. The van der Waals surface area contributed by atoms with E-state index in [9.17, 15) is 9.59 Å². The molecule has 2 aromatic carbocycles. The van der Waals surface area contributed by atoms with Gasteiger partial charge >= 0.3 is 0 Å². The van der Waals surface area contributed by atoms with E-state index in [1.807, 2.05) is 18.2 Å². The third-order valence-electron chi connectivity index (χ3n) is 4.94. The van der Waals surface area contributed by atoms with Crippen molar-refractivity contribution in [1.29, 1.82) is 0 Å². The third kappa shape index (κ3) is 5.23. The van der Waals surface area contributed by atoms with Crippen molar-refractivity contribution in [3.8, 4) is 0 Å². The molecule has 158 valence electrons. The van der Waals surface area contributed by atoms with Crippen LogP contribution in [0.4, 0.5) is 0 Å². The van der Waals surface area contributed by atoms with Gasteiger partial charge in [0.25, 0.3) is 11.8 Å². The summed E-state index contributed by atoms with van der Waals surface area (Å²) in [5.74, 6) is -0.198. The molecular weight excluding hydrogens is 416 g/mol. The molecule has 1 N–H and O–H groups in total. The Balaban J connectivity index is 1.55. The molecule has 1 atom stereocenters. The maximum absolute atomic E-state index is 13.3. The molecule has 0 radical (unpaired) electrons. The smallest absolute Gasteiger partial charge is 0.270 e. The number of morpholine rings is 1. The van der Waals surface area contributed by atoms with Crippen LogP contribution in [-0.4, -0.2) is 36.4 Å². The Kier molecular flexibility index (Phi) is 6.50. The van der Waals surface area contributed by atoms with Crippen molar-refractivity contribution in [2.24, 2.45) is 0 Å². The van der Waals surface area contributed by atoms with Crippen LogP contribution < -0.4 is 5.32 Å². The standard InChI is InChI=1S/C24H21ClN2O4/c25-19-10-8-17(9-11-19)22-16-27(12-14-31-22)24(29)21(15-20-7-4-13-30-20)26-23(28)18-5-2-1-3-6-18/h1-11,13,15,22H,12,14,16H2,(H,26,28)/b21-15-. The molecule has 2 heterocycles. The lowest BCUT2D eigenvalue weighted by Gasteiger charge is -2.33. The third-order valence-corrected chi connectivity index (χ3v) is 5.19. The van der Waals surface area contributed by atoms with Crippen LogP contribution in [0, 0.1) is 0 Å². The van der Waals surface area contributed by atoms with E-state index in [0.29, 0.717) is 36.0 Å². The summed E-state index contributed by atoms with van der Waals surface area (Å²) in [4.78, 5) is 27.7. The first-order chi connectivity index (χ1) is 15.1. The number of halogens is 1. The molecule has 4 rings (SSSR count). The Labute approximate surface area is 185 Å². The van der Waals surface area contributed by atoms with Gasteiger partial charge in [0, 0.05) is 23.2 Å². The summed E-state index contributed by atoms with van der Waals surface area (Å²) in [7, 11) is 0. The number of nitrogens with zero attached hydrogens (tertiary/aromatic N) is 1. The average molecular weight is 437 g/mol. The monoisotopic (exact) mass is 436 g/mol. The summed E-state index contributed by atoms with van der Waals surface area (Å²) < 4.78 is 11.2. The molecule has 0 spiro atoms. The van der Waals surface area contributed by atoms with Gasteiger partial charge in [-0.15, -0.1) is 0 Å². The minimum Gasteiger partial charge on any atom is -0.465 e. The molecule has 1 aliphatic rings. The lowest BCUT2D eigenvalue weighted by Crippen LogP contribution is -2.45. The maximum atomic E-state index is 13.3. The van der Waals surface area contributed by atoms with Gasteiger partial charge in [-0.1, -0.05) is 41.9 Å². The van der Waals surface area contributed by atoms with E-state index in [-0.39, 0.29) is 23.6 Å². The number of ether oxygens (including phenoxy) is 1. The molecule has 7 heteroatoms. The van der Waals surface area contributed by atoms with Gasteiger partial charge in [-0.2, -0.15) is 0 Å². The van der Waals surface area contributed by atoms with Crippen LogP contribution in [0.15, 0.2) is 83.1 Å². The highest BCUT2D eigenvalue weighted by Gasteiger charge is 2.28. The van der Waals surface area contributed by atoms with Gasteiger partial charge in [-0.05, 0) is 42.0 Å². The zero-order valence-electron chi connectivity index (χ0n) is 16.7. The zero-order valence-corrected chi connectivity index (χ0v) is 17.4. The molecule has 1 aliphatic heterocycles. The van der Waals surface area contributed by atoms with Crippen LogP contribution in [0.2, 0.25) is 5.02 Å². The Morgan fingerprint density at radius 3 is 2.52 bits per heavy atom. The van der Waals surface area contributed by atoms with Gasteiger partial charge < -0.3 is 19.4 Å². The first kappa shape index (κ1) is 20.9. The number of nitrogens with one attached hydrogen (secondary N) is 1. The lowest BCUT2D eigenvalue weighted by atomic mass is 10.1. The summed E-state index contributed by atoms with van der Waals surface area (Å²) in [6.07, 6.45) is 2.78. The van der Waals surface area contributed by atoms with E-state index >= 15 is 0 Å². The molecule has 0 saturated carbocycles. The number of hydrogen-bond donors (Lipinski definition) is 1. The molecule has 3 aromatic rings. The number of rotatable bonds is 5. The largest absolute Gasteiger partial charge is 0.465 e. The first-order valence-electron chi connectivity index (χ1n) is 9.88. The van der Waals surface area contributed by atoms with Gasteiger partial charge in [-0.25, -0.2) is 0 Å². The summed E-state index contributed by atoms with van der Waals surface area (Å²) in [6, 6.07) is 19.5. The average Bonchev–Trinajstić information content (AvgIpc) is 3.32. The van der Waals surface area contributed by atoms with Crippen molar-refractivity contribution in [3.63, 3.8) is 0 Å². The van der Waals surface area contributed by atoms with Gasteiger partial charge in [0.15, 0.2) is 0 Å². The van der Waals surface area contributed by atoms with Crippen LogP contribution in [-0.2, 0) is 9.53 Å². The summed E-state index contributed by atoms with van der Waals surface area (Å²) >= 11 is 5.98. The zero-order chi connectivity index (χ0) is 21.6. The molecule has 6 nitrogen and oxygen atoms in total. The van der Waals surface area contributed by atoms with E-state index in [1.54, 1.807) is 53.4 Å². The van der Waals surface area contributed by atoms with E-state index in [2.05, 4.69) is 5.32 Å². The van der Waals surface area contributed by atoms with Crippen LogP contribution in [0.3, 0.4) is 0 Å². The normalized spacial score (nSPS) is 16.7. The van der Waals surface area contributed by atoms with Crippen molar-refractivity contribution in [1.82, 2.24) is 10.2 Å². The van der Waals surface area contributed by atoms with Crippen molar-refractivity contribution < 1.29 is 18.7 Å². The van der Waals surface area contributed by atoms with Crippen molar-refractivity contribution in [3.05, 3.63) is 101 Å². The highest BCUT2D eigenvalue weighted by Crippen LogP contribution is 2.24. The Bertz CT molecular complexity index is 1060. The van der Waals surface area contributed by atoms with Crippen molar-refractivity contribution in [2.45, 2.75) is 6.10 Å². The van der Waals surface area contributed by atoms with Crippen LogP contribution >= 0.6 is 11.6 Å². The second-order valence-electron chi connectivity index (χ2n) is 7.06. The summed E-state index contributed by atoms with van der Waals surface area (Å²) in [6.45, 7) is 1.16. The molecule has 31 heavy (non-hydrogen) atoms. The van der Waals surface area contributed by atoms with Crippen LogP contribution in [0.5, 0.6) is 0 Å². The highest BCUT2D eigenvalue weighted by molar-refractivity contribution is 6.30. The summed E-state index contributed by atoms with van der Waals surface area (Å²) in [5, 5.41) is 3.38. The fourth-order valence-corrected chi connectivity index (χ4v) is 3.46. The van der Waals surface area contributed by atoms with Gasteiger partial charge in [0.1, 0.15) is 17.6 Å². The lowest BCUT2D eigenvalue weighted by molar-refractivity contribution is -0.135. The number of carbonyl (C=O) groups excluding carboxylic acids is 2. The van der Waals surface area contributed by atoms with E-state index in [4.69, 9.17) is 20.8 Å². The Morgan fingerprint density at radius 2 is 1.81 bits per heavy atom. The predicted octanol–water partition coefficient (Wildman–Crippen LogP) is 4.30. The van der Waals surface area contributed by atoms with E-state index < -0.39 is 0 Å². The minimum atomic E-state index is -0.366. The molecule has 0 aliphatic carbocycles. The molecular formula is C24H21ClN2O4. The van der Waals surface area contributed by atoms with E-state index in [1.165, 1.54) is 12.3 Å². The SMILES string of the molecule is O=C(N/C(=C\c1ccco1)C(=O)N1CCOC(c2ccc(Cl)cc2)C1)c1ccccc1. The molecule has 2 amide bonds. The maximum Gasteiger partial charge on any atom is 0.270 e. The number of benzene rings is 2. The second-order valence-corrected chi connectivity index (χ2v) is 7.49. The van der Waals surface area contributed by atoms with Gasteiger partial charge in [0.05, 0.1) is 19.4 Å². The highest BCUT2D eigenvalue weighted by atomic mass is 35.5. The van der Waals surface area contributed by atoms with Gasteiger partial charge in [-0.3, -0.25) is 9.59 Å². The second kappa shape index (κ2) is 9.64. The predicted molar refractivity (Wildman–Crippen MR) is 117 cm³/mol. The van der Waals surface area contributed by atoms with Crippen LogP contribution in [0.1, 0.15) is 27.8 Å². The van der Waals surface area contributed by atoms with Crippen molar-refractivity contribution >= 4 is 29.5 Å². The van der Waals surface area contributed by atoms with Crippen molar-refractivity contribution in [2.75, 3.05) is 19.7 Å². The molecule has 1 unspecified atom stereocenters. The minimum absolute atomic E-state index is 0.139. The quantitative estimate of drug-likeness (QED) is 0.605. The van der Waals surface area contributed by atoms with Crippen LogP contribution in [0.25, 0.3) is 6.08 Å². The molecule has 1 aromatic heterocycles. The number of amides is 2. The fourth-order valence-electron chi connectivity index (χ4n) is 3.33. The molecule has 1 fully saturated rings. The fraction of sp³-hybridized carbons (Fsp3) is 0.167. The topological polar surface area (TPSA) is 71.8 Å². The Morgan fingerprint density at radius 1 is 1.03 bits per heavy atom.